The Morgan fingerprint density at radius 2 is 1.77 bits per heavy atom. The Bertz CT molecular complexity index is 1470. The second-order valence-corrected chi connectivity index (χ2v) is 9.67. The summed E-state index contributed by atoms with van der Waals surface area (Å²) in [4.78, 5) is 49.2. The third kappa shape index (κ3) is 5.99. The summed E-state index contributed by atoms with van der Waals surface area (Å²) >= 11 is 1.08. The summed E-state index contributed by atoms with van der Waals surface area (Å²) in [5, 5.41) is 5.82. The molecular weight excluding hydrogens is 521 g/mol. The highest BCUT2D eigenvalue weighted by Gasteiger charge is 2.42. The predicted octanol–water partition coefficient (Wildman–Crippen LogP) is 3.87. The molecule has 0 fully saturated rings. The highest BCUT2D eigenvalue weighted by molar-refractivity contribution is 8.14. The number of carbonyl (C=O) groups excluding carboxylic acids is 3. The number of nitrogens with one attached hydrogen (secondary N) is 2. The molecule has 0 bridgehead atoms. The molecule has 2 heterocycles. The summed E-state index contributed by atoms with van der Waals surface area (Å²) < 4.78 is 18.3. The van der Waals surface area contributed by atoms with Crippen molar-refractivity contribution in [2.45, 2.75) is 19.0 Å². The van der Waals surface area contributed by atoms with Crippen molar-refractivity contribution in [3.8, 4) is 5.75 Å². The van der Waals surface area contributed by atoms with Gasteiger partial charge in [-0.3, -0.25) is 19.4 Å². The lowest BCUT2D eigenvalue weighted by molar-refractivity contribution is -0.128. The number of fused-ring (bicyclic) bond motifs is 3. The SMILES string of the molecule is COc1ccc(CNC(=O)CC2N=C3c4ccccc4N=C(SCC(=O)Nc4ccc(F)cc4)N3C2=O)cc1. The van der Waals surface area contributed by atoms with Crippen LogP contribution < -0.4 is 15.4 Å². The van der Waals surface area contributed by atoms with Crippen molar-refractivity contribution in [1.82, 2.24) is 10.2 Å². The van der Waals surface area contributed by atoms with Crippen LogP contribution in [0, 0.1) is 5.82 Å². The number of rotatable bonds is 8. The highest BCUT2D eigenvalue weighted by Crippen LogP contribution is 2.34. The molecular formula is C28H24FN5O4S. The van der Waals surface area contributed by atoms with Crippen LogP contribution in [0.25, 0.3) is 0 Å². The van der Waals surface area contributed by atoms with Crippen molar-refractivity contribution < 1.29 is 23.5 Å². The van der Waals surface area contributed by atoms with Gasteiger partial charge < -0.3 is 15.4 Å². The van der Waals surface area contributed by atoms with E-state index < -0.39 is 11.9 Å². The number of nitrogens with zero attached hydrogens (tertiary/aromatic N) is 3. The molecule has 39 heavy (non-hydrogen) atoms. The number of ether oxygens (including phenoxy) is 1. The predicted molar refractivity (Wildman–Crippen MR) is 148 cm³/mol. The van der Waals surface area contributed by atoms with Gasteiger partial charge in [0.25, 0.3) is 5.91 Å². The largest absolute Gasteiger partial charge is 0.497 e. The van der Waals surface area contributed by atoms with Gasteiger partial charge in [-0.05, 0) is 54.1 Å². The van der Waals surface area contributed by atoms with E-state index in [4.69, 9.17) is 4.74 Å². The fourth-order valence-electron chi connectivity index (χ4n) is 4.08. The van der Waals surface area contributed by atoms with E-state index in [9.17, 15) is 18.8 Å². The Hall–Kier alpha value is -4.51. The van der Waals surface area contributed by atoms with Crippen LogP contribution >= 0.6 is 11.8 Å². The molecule has 0 spiro atoms. The summed E-state index contributed by atoms with van der Waals surface area (Å²) in [5.41, 5.74) is 2.64. The number of anilines is 1. The van der Waals surface area contributed by atoms with Crippen LogP contribution in [-0.2, 0) is 20.9 Å². The molecule has 0 radical (unpaired) electrons. The first kappa shape index (κ1) is 26.1. The summed E-state index contributed by atoms with van der Waals surface area (Å²) in [7, 11) is 1.58. The maximum absolute atomic E-state index is 13.4. The molecule has 198 valence electrons. The zero-order valence-corrected chi connectivity index (χ0v) is 21.7. The van der Waals surface area contributed by atoms with E-state index in [-0.39, 0.29) is 29.9 Å². The number of thioether (sulfide) groups is 1. The standard InChI is InChI=1S/C28H24FN5O4S/c1-38-20-12-6-17(7-13-20)15-30-24(35)14-23-27(37)34-26(32-23)21-4-2-3-5-22(21)33-28(34)39-16-25(36)31-19-10-8-18(29)9-11-19/h2-13,23H,14-16H2,1H3,(H,30,35)(H,31,36). The van der Waals surface area contributed by atoms with Gasteiger partial charge in [0.05, 0.1) is 25.0 Å². The molecule has 3 aromatic carbocycles. The molecule has 5 rings (SSSR count). The first-order chi connectivity index (χ1) is 18.9. The Kier molecular flexibility index (Phi) is 7.69. The van der Waals surface area contributed by atoms with Crippen molar-refractivity contribution in [1.29, 1.82) is 0 Å². The normalized spacial score (nSPS) is 15.6. The summed E-state index contributed by atoms with van der Waals surface area (Å²) in [6.45, 7) is 0.304. The molecule has 0 saturated carbocycles. The van der Waals surface area contributed by atoms with Crippen LogP contribution in [0.4, 0.5) is 15.8 Å². The monoisotopic (exact) mass is 545 g/mol. The molecule has 3 aromatic rings. The van der Waals surface area contributed by atoms with Crippen molar-refractivity contribution in [2.75, 3.05) is 18.2 Å². The van der Waals surface area contributed by atoms with Crippen LogP contribution in [0.15, 0.2) is 82.8 Å². The Morgan fingerprint density at radius 3 is 2.51 bits per heavy atom. The number of benzene rings is 3. The van der Waals surface area contributed by atoms with E-state index >= 15 is 0 Å². The summed E-state index contributed by atoms with van der Waals surface area (Å²) in [6, 6.07) is 19.1. The molecule has 3 amide bonds. The number of amides is 3. The first-order valence-electron chi connectivity index (χ1n) is 12.1. The second kappa shape index (κ2) is 11.5. The van der Waals surface area contributed by atoms with E-state index in [1.165, 1.54) is 29.2 Å². The lowest BCUT2D eigenvalue weighted by Crippen LogP contribution is -2.42. The summed E-state index contributed by atoms with van der Waals surface area (Å²) in [6.07, 6.45) is -0.125. The van der Waals surface area contributed by atoms with E-state index in [2.05, 4.69) is 20.6 Å². The molecule has 0 aromatic heterocycles. The lowest BCUT2D eigenvalue weighted by Gasteiger charge is -2.25. The maximum atomic E-state index is 13.4. The number of methoxy groups -OCH3 is 1. The van der Waals surface area contributed by atoms with Crippen LogP contribution in [0.1, 0.15) is 17.5 Å². The third-order valence-electron chi connectivity index (χ3n) is 6.04. The molecule has 2 N–H and O–H groups in total. The number of carbonyl (C=O) groups is 3. The van der Waals surface area contributed by atoms with Crippen LogP contribution in [-0.4, -0.2) is 52.5 Å². The first-order valence-corrected chi connectivity index (χ1v) is 13.1. The quantitative estimate of drug-likeness (QED) is 0.446. The fourth-order valence-corrected chi connectivity index (χ4v) is 4.88. The topological polar surface area (TPSA) is 112 Å². The molecule has 11 heteroatoms. The van der Waals surface area contributed by atoms with Crippen LogP contribution in [0.5, 0.6) is 5.75 Å². The number of amidine groups is 2. The molecule has 0 aliphatic carbocycles. The Balaban J connectivity index is 1.26. The zero-order chi connectivity index (χ0) is 27.4. The minimum absolute atomic E-state index is 0.0392. The van der Waals surface area contributed by atoms with Gasteiger partial charge in [-0.1, -0.05) is 36.0 Å². The second-order valence-electron chi connectivity index (χ2n) is 8.73. The van der Waals surface area contributed by atoms with E-state index in [0.29, 0.717) is 34.5 Å². The fraction of sp³-hybridized carbons (Fsp3) is 0.179. The van der Waals surface area contributed by atoms with E-state index in [1.54, 1.807) is 13.2 Å². The third-order valence-corrected chi connectivity index (χ3v) is 6.97. The van der Waals surface area contributed by atoms with Gasteiger partial charge in [0.2, 0.25) is 11.8 Å². The zero-order valence-electron chi connectivity index (χ0n) is 20.9. The van der Waals surface area contributed by atoms with E-state index in [1.807, 2.05) is 42.5 Å². The smallest absolute Gasteiger partial charge is 0.259 e. The van der Waals surface area contributed by atoms with Gasteiger partial charge in [-0.2, -0.15) is 0 Å². The van der Waals surface area contributed by atoms with Crippen molar-refractivity contribution in [3.05, 3.63) is 89.7 Å². The van der Waals surface area contributed by atoms with Gasteiger partial charge in [0.1, 0.15) is 23.4 Å². The van der Waals surface area contributed by atoms with Gasteiger partial charge in [0.15, 0.2) is 5.17 Å². The molecule has 0 saturated heterocycles. The average molecular weight is 546 g/mol. The van der Waals surface area contributed by atoms with Crippen molar-refractivity contribution in [3.63, 3.8) is 0 Å². The molecule has 2 aliphatic rings. The number of halogens is 1. The number of aliphatic imine (C=N–C) groups is 2. The minimum Gasteiger partial charge on any atom is -0.497 e. The van der Waals surface area contributed by atoms with Gasteiger partial charge in [0, 0.05) is 17.8 Å². The average Bonchev–Trinajstić information content (AvgIpc) is 3.28. The molecule has 2 aliphatic heterocycles. The van der Waals surface area contributed by atoms with Gasteiger partial charge in [-0.15, -0.1) is 0 Å². The van der Waals surface area contributed by atoms with E-state index in [0.717, 1.165) is 23.1 Å². The van der Waals surface area contributed by atoms with Crippen molar-refractivity contribution >= 4 is 51.9 Å². The highest BCUT2D eigenvalue weighted by atomic mass is 32.2. The number of hydrogen-bond donors (Lipinski definition) is 2. The number of para-hydroxylation sites is 1. The maximum Gasteiger partial charge on any atom is 0.259 e. The van der Waals surface area contributed by atoms with Crippen LogP contribution in [0.3, 0.4) is 0 Å². The van der Waals surface area contributed by atoms with Gasteiger partial charge >= 0.3 is 0 Å². The molecule has 1 unspecified atom stereocenters. The lowest BCUT2D eigenvalue weighted by atomic mass is 10.1. The van der Waals surface area contributed by atoms with Crippen molar-refractivity contribution in [2.24, 2.45) is 9.98 Å². The van der Waals surface area contributed by atoms with Crippen LogP contribution in [0.2, 0.25) is 0 Å². The molecule has 1 atom stereocenters. The van der Waals surface area contributed by atoms with Gasteiger partial charge in [-0.25, -0.2) is 14.3 Å². The Labute approximate surface area is 228 Å². The summed E-state index contributed by atoms with van der Waals surface area (Å²) in [5.74, 6) is -0.357. The number of hydrogen-bond acceptors (Lipinski definition) is 7. The molecule has 9 nitrogen and oxygen atoms in total. The Morgan fingerprint density at radius 1 is 1.03 bits per heavy atom. The minimum atomic E-state index is -0.916.